The summed E-state index contributed by atoms with van der Waals surface area (Å²) >= 11 is 1.20. The van der Waals surface area contributed by atoms with E-state index >= 15 is 0 Å². The third kappa shape index (κ3) is 1.45. The summed E-state index contributed by atoms with van der Waals surface area (Å²) in [6, 6.07) is 13.1. The van der Waals surface area contributed by atoms with Gasteiger partial charge in [0, 0.05) is 0 Å². The van der Waals surface area contributed by atoms with E-state index in [1.54, 1.807) is 4.26 Å². The molecule has 2 heteroatoms. The van der Waals surface area contributed by atoms with E-state index in [-0.39, 0.29) is 0 Å². The van der Waals surface area contributed by atoms with E-state index in [1.807, 2.05) is 0 Å². The van der Waals surface area contributed by atoms with Gasteiger partial charge in [-0.1, -0.05) is 0 Å². The molecule has 0 fully saturated rings. The van der Waals surface area contributed by atoms with Crippen LogP contribution in [-0.2, 0) is 0 Å². The van der Waals surface area contributed by atoms with Crippen LogP contribution in [0.2, 0.25) is 0 Å². The van der Waals surface area contributed by atoms with Crippen molar-refractivity contribution in [2.75, 3.05) is 0 Å². The van der Waals surface area contributed by atoms with Crippen LogP contribution in [0.1, 0.15) is 0 Å². The van der Waals surface area contributed by atoms with Gasteiger partial charge in [-0.05, 0) is 0 Å². The maximum atomic E-state index is 2.43. The van der Waals surface area contributed by atoms with Crippen LogP contribution in [0.15, 0.2) is 46.3 Å². The van der Waals surface area contributed by atoms with Crippen molar-refractivity contribution in [2.45, 2.75) is 0 Å². The van der Waals surface area contributed by atoms with Gasteiger partial charge < -0.3 is 0 Å². The maximum absolute atomic E-state index is 2.43. The van der Waals surface area contributed by atoms with Crippen LogP contribution in [0, 0.1) is 0 Å². The van der Waals surface area contributed by atoms with Crippen molar-refractivity contribution in [1.29, 1.82) is 0 Å². The first-order valence-corrected chi connectivity index (χ1v) is 8.14. The van der Waals surface area contributed by atoms with Crippen molar-refractivity contribution in [3.05, 3.63) is 46.3 Å². The van der Waals surface area contributed by atoms with Crippen LogP contribution >= 0.6 is 0 Å². The van der Waals surface area contributed by atoms with Crippen molar-refractivity contribution in [3.63, 3.8) is 0 Å². The topological polar surface area (TPSA) is 0 Å². The summed E-state index contributed by atoms with van der Waals surface area (Å²) in [5, 5.41) is 1.50. The Morgan fingerprint density at radius 3 is 2.57 bits per heavy atom. The normalized spacial score (nSPS) is 10.9. The van der Waals surface area contributed by atoms with E-state index in [9.17, 15) is 0 Å². The van der Waals surface area contributed by atoms with Gasteiger partial charge in [0.05, 0.1) is 0 Å². The molecule has 2 aromatic heterocycles. The Balaban J connectivity index is 2.19. The molecule has 0 amide bonds. The number of rotatable bonds is 1. The zero-order valence-corrected chi connectivity index (χ0v) is 10.9. The zero-order valence-electron chi connectivity index (χ0n) is 7.44. The second kappa shape index (κ2) is 3.56. The molecule has 68 valence electrons. The molecule has 0 atom stereocenters. The predicted octanol–water partition coefficient (Wildman–Crippen LogP) is 2.62. The molecule has 0 N–H and O–H groups in total. The van der Waals surface area contributed by atoms with Crippen molar-refractivity contribution < 1.29 is 0 Å². The second-order valence-electron chi connectivity index (χ2n) is 3.17. The molecular formula is C12H8Se2. The first-order valence-electron chi connectivity index (χ1n) is 4.45. The summed E-state index contributed by atoms with van der Waals surface area (Å²) in [5.41, 5.74) is 1.40. The molecule has 0 unspecified atom stereocenters. The average molecular weight is 310 g/mol. The molecule has 0 aliphatic carbocycles. The van der Waals surface area contributed by atoms with Crippen LogP contribution < -0.4 is 0 Å². The quantitative estimate of drug-likeness (QED) is 0.606. The summed E-state index contributed by atoms with van der Waals surface area (Å²) in [4.78, 5) is 4.81. The van der Waals surface area contributed by atoms with Crippen molar-refractivity contribution >= 4 is 38.7 Å². The SMILES string of the molecule is c1ccc(-c2cc3c[se]cc3[se]2)cc1. The van der Waals surface area contributed by atoms with Crippen molar-refractivity contribution in [3.8, 4) is 10.0 Å². The summed E-state index contributed by atoms with van der Waals surface area (Å²) in [5.74, 6) is 0. The molecule has 14 heavy (non-hydrogen) atoms. The molecule has 0 saturated heterocycles. The molecule has 0 saturated carbocycles. The Kier molecular flexibility index (Phi) is 2.23. The van der Waals surface area contributed by atoms with Crippen molar-refractivity contribution in [1.82, 2.24) is 0 Å². The molecule has 0 aliphatic rings. The fourth-order valence-corrected chi connectivity index (χ4v) is 6.45. The van der Waals surface area contributed by atoms with Gasteiger partial charge >= 0.3 is 94.9 Å². The third-order valence-corrected chi connectivity index (χ3v) is 6.98. The van der Waals surface area contributed by atoms with E-state index in [1.165, 1.54) is 15.4 Å². The fourth-order valence-electron chi connectivity index (χ4n) is 1.52. The first-order chi connectivity index (χ1) is 6.93. The molecule has 3 aromatic rings. The molecule has 0 bridgehead atoms. The molecule has 0 nitrogen and oxygen atoms in total. The standard InChI is InChI=1S/C12H8Se2/c1-2-4-9(5-3-1)11-6-10-7-13-8-12(10)14-11/h1-8H. The minimum absolute atomic E-state index is 0.561. The fraction of sp³-hybridized carbons (Fsp3) is 0. The predicted molar refractivity (Wildman–Crippen MR) is 63.3 cm³/mol. The molecule has 0 radical (unpaired) electrons. The average Bonchev–Trinajstić information content (AvgIpc) is 2.78. The van der Waals surface area contributed by atoms with Crippen LogP contribution in [0.5, 0.6) is 0 Å². The summed E-state index contributed by atoms with van der Waals surface area (Å²) in [7, 11) is 0. The number of hydrogen-bond donors (Lipinski definition) is 0. The number of fused-ring (bicyclic) bond motifs is 1. The Labute approximate surface area is 94.7 Å². The van der Waals surface area contributed by atoms with E-state index < -0.39 is 0 Å². The summed E-state index contributed by atoms with van der Waals surface area (Å²) < 4.78 is 3.14. The zero-order chi connectivity index (χ0) is 9.38. The van der Waals surface area contributed by atoms with Crippen LogP contribution in [0.4, 0.5) is 0 Å². The van der Waals surface area contributed by atoms with Crippen LogP contribution in [-0.4, -0.2) is 29.0 Å². The molecule has 2 heterocycles. The van der Waals surface area contributed by atoms with Gasteiger partial charge in [0.2, 0.25) is 0 Å². The Bertz CT molecular complexity index is 517. The summed E-state index contributed by atoms with van der Waals surface area (Å²) in [6.07, 6.45) is 0. The monoisotopic (exact) mass is 312 g/mol. The van der Waals surface area contributed by atoms with Gasteiger partial charge in [0.1, 0.15) is 0 Å². The van der Waals surface area contributed by atoms with Gasteiger partial charge in [-0.25, -0.2) is 0 Å². The van der Waals surface area contributed by atoms with Gasteiger partial charge in [-0.3, -0.25) is 0 Å². The molecular weight excluding hydrogens is 302 g/mol. The molecule has 0 spiro atoms. The number of hydrogen-bond acceptors (Lipinski definition) is 0. The van der Waals surface area contributed by atoms with Gasteiger partial charge in [-0.15, -0.1) is 0 Å². The minimum atomic E-state index is 0.561. The van der Waals surface area contributed by atoms with Gasteiger partial charge in [-0.2, -0.15) is 0 Å². The Morgan fingerprint density at radius 2 is 1.79 bits per heavy atom. The molecule has 0 aliphatic heterocycles. The van der Waals surface area contributed by atoms with E-state index in [4.69, 9.17) is 0 Å². The van der Waals surface area contributed by atoms with E-state index in [0.717, 1.165) is 0 Å². The van der Waals surface area contributed by atoms with Crippen LogP contribution in [0.25, 0.3) is 19.6 Å². The molecule has 3 rings (SSSR count). The Morgan fingerprint density at radius 1 is 0.929 bits per heavy atom. The molecule has 1 aromatic carbocycles. The summed E-state index contributed by atoms with van der Waals surface area (Å²) in [6.45, 7) is 0. The van der Waals surface area contributed by atoms with Gasteiger partial charge in [0.25, 0.3) is 0 Å². The van der Waals surface area contributed by atoms with Crippen molar-refractivity contribution in [2.24, 2.45) is 0 Å². The second-order valence-corrected chi connectivity index (χ2v) is 7.00. The third-order valence-electron chi connectivity index (χ3n) is 2.22. The van der Waals surface area contributed by atoms with Gasteiger partial charge in [0.15, 0.2) is 0 Å². The first kappa shape index (κ1) is 8.76. The van der Waals surface area contributed by atoms with E-state index in [2.05, 4.69) is 46.3 Å². The van der Waals surface area contributed by atoms with E-state index in [0.29, 0.717) is 29.0 Å². The number of benzene rings is 1. The Hall–Kier alpha value is -0.521. The van der Waals surface area contributed by atoms with Crippen LogP contribution in [0.3, 0.4) is 0 Å².